The molecule has 3 nitrogen and oxygen atoms in total. The maximum absolute atomic E-state index is 11.6. The zero-order valence-electron chi connectivity index (χ0n) is 8.33. The minimum absolute atomic E-state index is 0.210. The normalized spacial score (nSPS) is 26.3. The van der Waals surface area contributed by atoms with Crippen LogP contribution in [0.5, 0.6) is 0 Å². The minimum Gasteiger partial charge on any atom is -0.387 e. The van der Waals surface area contributed by atoms with E-state index in [1.54, 1.807) is 24.3 Å². The Bertz CT molecular complexity index is 424. The smallest absolute Gasteiger partial charge is 0.156 e. The summed E-state index contributed by atoms with van der Waals surface area (Å²) in [6.07, 6.45) is 0.355. The highest BCUT2D eigenvalue weighted by atomic mass is 32.2. The van der Waals surface area contributed by atoms with Crippen LogP contribution in [0, 0.1) is 0 Å². The van der Waals surface area contributed by atoms with Gasteiger partial charge in [-0.05, 0) is 18.4 Å². The van der Waals surface area contributed by atoms with Crippen LogP contribution in [0.25, 0.3) is 0 Å². The molecule has 1 heterocycles. The van der Waals surface area contributed by atoms with Crippen LogP contribution in [0.4, 0.5) is 0 Å². The van der Waals surface area contributed by atoms with Crippen molar-refractivity contribution in [1.29, 1.82) is 0 Å². The number of sulfone groups is 1. The maximum atomic E-state index is 11.6. The minimum atomic E-state index is -3.08. The molecule has 15 heavy (non-hydrogen) atoms. The van der Waals surface area contributed by atoms with Crippen molar-refractivity contribution in [2.75, 3.05) is 5.75 Å². The largest absolute Gasteiger partial charge is 0.387 e. The highest BCUT2D eigenvalue weighted by Gasteiger charge is 2.37. The van der Waals surface area contributed by atoms with E-state index in [9.17, 15) is 13.5 Å². The molecule has 2 atom stereocenters. The fraction of sp³-hybridized carbons (Fsp3) is 0.455. The van der Waals surface area contributed by atoms with E-state index in [1.807, 2.05) is 6.07 Å². The first-order valence-corrected chi connectivity index (χ1v) is 6.77. The van der Waals surface area contributed by atoms with E-state index in [-0.39, 0.29) is 5.75 Å². The molecule has 1 N–H and O–H groups in total. The number of aliphatic hydroxyl groups is 1. The Morgan fingerprint density at radius 2 is 1.93 bits per heavy atom. The van der Waals surface area contributed by atoms with E-state index in [4.69, 9.17) is 0 Å². The van der Waals surface area contributed by atoms with Crippen LogP contribution in [0.2, 0.25) is 0 Å². The van der Waals surface area contributed by atoms with Crippen LogP contribution < -0.4 is 0 Å². The van der Waals surface area contributed by atoms with Gasteiger partial charge in [0.2, 0.25) is 0 Å². The van der Waals surface area contributed by atoms with Crippen molar-refractivity contribution in [3.63, 3.8) is 0 Å². The first-order valence-electron chi connectivity index (χ1n) is 5.06. The monoisotopic (exact) mass is 226 g/mol. The lowest BCUT2D eigenvalue weighted by Gasteiger charge is -2.17. The molecule has 1 fully saturated rings. The molecule has 0 radical (unpaired) electrons. The molecule has 0 aromatic heterocycles. The fourth-order valence-electron chi connectivity index (χ4n) is 2.04. The first kappa shape index (κ1) is 10.6. The van der Waals surface area contributed by atoms with E-state index in [1.165, 1.54) is 0 Å². The molecule has 0 spiro atoms. The van der Waals surface area contributed by atoms with Gasteiger partial charge in [-0.15, -0.1) is 0 Å². The summed E-state index contributed by atoms with van der Waals surface area (Å²) in [4.78, 5) is 0. The lowest BCUT2D eigenvalue weighted by atomic mass is 10.0. The Hall–Kier alpha value is -0.870. The predicted octanol–water partition coefficient (Wildman–Crippen LogP) is 1.30. The van der Waals surface area contributed by atoms with Gasteiger partial charge in [-0.1, -0.05) is 30.3 Å². The van der Waals surface area contributed by atoms with Gasteiger partial charge in [-0.2, -0.15) is 0 Å². The summed E-state index contributed by atoms with van der Waals surface area (Å²) in [5.41, 5.74) is 0.688. The van der Waals surface area contributed by atoms with Gasteiger partial charge in [0.1, 0.15) is 0 Å². The van der Waals surface area contributed by atoms with Crippen LogP contribution in [-0.2, 0) is 9.84 Å². The molecule has 0 unspecified atom stereocenters. The molecule has 0 aliphatic carbocycles. The molecule has 82 valence electrons. The number of hydrogen-bond acceptors (Lipinski definition) is 3. The molecule has 0 saturated carbocycles. The van der Waals surface area contributed by atoms with E-state index in [0.29, 0.717) is 18.4 Å². The van der Waals surface area contributed by atoms with Gasteiger partial charge in [0.15, 0.2) is 9.84 Å². The summed E-state index contributed by atoms with van der Waals surface area (Å²) in [5, 5.41) is 9.37. The van der Waals surface area contributed by atoms with Gasteiger partial charge in [0.05, 0.1) is 17.1 Å². The van der Waals surface area contributed by atoms with Crippen molar-refractivity contribution in [2.24, 2.45) is 0 Å². The van der Waals surface area contributed by atoms with E-state index in [2.05, 4.69) is 0 Å². The second-order valence-corrected chi connectivity index (χ2v) is 6.24. The van der Waals surface area contributed by atoms with E-state index >= 15 is 0 Å². The summed E-state index contributed by atoms with van der Waals surface area (Å²) in [7, 11) is -3.08. The summed E-state index contributed by atoms with van der Waals surface area (Å²) in [6.45, 7) is 0. The van der Waals surface area contributed by atoms with Crippen molar-refractivity contribution in [3.8, 4) is 0 Å². The third-order valence-electron chi connectivity index (χ3n) is 2.87. The van der Waals surface area contributed by atoms with Crippen LogP contribution in [0.15, 0.2) is 30.3 Å². The van der Waals surface area contributed by atoms with Gasteiger partial charge >= 0.3 is 0 Å². The molecule has 1 saturated heterocycles. The van der Waals surface area contributed by atoms with Gasteiger partial charge in [0.25, 0.3) is 0 Å². The quantitative estimate of drug-likeness (QED) is 0.827. The van der Waals surface area contributed by atoms with Crippen LogP contribution >= 0.6 is 0 Å². The third kappa shape index (κ3) is 2.06. The molecule has 1 aromatic carbocycles. The summed E-state index contributed by atoms with van der Waals surface area (Å²) in [6, 6.07) is 8.98. The van der Waals surface area contributed by atoms with Crippen molar-refractivity contribution in [2.45, 2.75) is 24.2 Å². The topological polar surface area (TPSA) is 54.4 Å². The summed E-state index contributed by atoms with van der Waals surface area (Å²) < 4.78 is 23.2. The number of rotatable bonds is 2. The first-order chi connectivity index (χ1) is 7.11. The van der Waals surface area contributed by atoms with Crippen LogP contribution in [0.1, 0.15) is 24.5 Å². The standard InChI is InChI=1S/C11H14O3S/c12-11(9-5-2-1-3-6-9)10-7-4-8-15(10,13)14/h1-3,5-6,10-12H,4,7-8H2/t10-,11+/m0/s1. The highest BCUT2D eigenvalue weighted by Crippen LogP contribution is 2.31. The second kappa shape index (κ2) is 3.94. The molecule has 0 amide bonds. The van der Waals surface area contributed by atoms with Crippen molar-refractivity contribution in [3.05, 3.63) is 35.9 Å². The average Bonchev–Trinajstić information content (AvgIpc) is 2.58. The van der Waals surface area contributed by atoms with Crippen molar-refractivity contribution < 1.29 is 13.5 Å². The molecule has 0 bridgehead atoms. The predicted molar refractivity (Wildman–Crippen MR) is 58.2 cm³/mol. The zero-order valence-corrected chi connectivity index (χ0v) is 9.15. The summed E-state index contributed by atoms with van der Waals surface area (Å²) in [5.74, 6) is 0.210. The van der Waals surface area contributed by atoms with E-state index in [0.717, 1.165) is 0 Å². The molecule has 4 heteroatoms. The Labute approximate surface area is 89.7 Å². The van der Waals surface area contributed by atoms with Gasteiger partial charge in [0, 0.05) is 0 Å². The second-order valence-electron chi connectivity index (χ2n) is 3.90. The Kier molecular flexibility index (Phi) is 2.80. The maximum Gasteiger partial charge on any atom is 0.156 e. The SMILES string of the molecule is O=S1(=O)CCC[C@H]1[C@H](O)c1ccccc1. The Morgan fingerprint density at radius 3 is 2.47 bits per heavy atom. The van der Waals surface area contributed by atoms with Crippen LogP contribution in [0.3, 0.4) is 0 Å². The molecule has 1 aliphatic heterocycles. The number of aliphatic hydroxyl groups excluding tert-OH is 1. The Balaban J connectivity index is 2.26. The van der Waals surface area contributed by atoms with Crippen molar-refractivity contribution >= 4 is 9.84 Å². The van der Waals surface area contributed by atoms with Gasteiger partial charge < -0.3 is 5.11 Å². The van der Waals surface area contributed by atoms with Crippen molar-refractivity contribution in [1.82, 2.24) is 0 Å². The number of benzene rings is 1. The average molecular weight is 226 g/mol. The third-order valence-corrected chi connectivity index (χ3v) is 5.15. The molecular weight excluding hydrogens is 212 g/mol. The van der Waals surface area contributed by atoms with E-state index < -0.39 is 21.2 Å². The molecular formula is C11H14O3S. The van der Waals surface area contributed by atoms with Gasteiger partial charge in [-0.25, -0.2) is 8.42 Å². The lowest BCUT2D eigenvalue weighted by molar-refractivity contribution is 0.170. The lowest BCUT2D eigenvalue weighted by Crippen LogP contribution is -2.24. The molecule has 1 aromatic rings. The van der Waals surface area contributed by atoms with Crippen LogP contribution in [-0.4, -0.2) is 24.5 Å². The Morgan fingerprint density at radius 1 is 1.27 bits per heavy atom. The fourth-order valence-corrected chi connectivity index (χ4v) is 3.98. The molecule has 1 aliphatic rings. The molecule has 2 rings (SSSR count). The zero-order chi connectivity index (χ0) is 10.9. The van der Waals surface area contributed by atoms with Gasteiger partial charge in [-0.3, -0.25) is 0 Å². The number of hydrogen-bond donors (Lipinski definition) is 1. The summed E-state index contributed by atoms with van der Waals surface area (Å²) >= 11 is 0. The highest BCUT2D eigenvalue weighted by molar-refractivity contribution is 7.92.